The third-order valence-corrected chi connectivity index (χ3v) is 2.15. The summed E-state index contributed by atoms with van der Waals surface area (Å²) in [6.07, 6.45) is -4.52. The Hall–Kier alpha value is -2.58. The zero-order chi connectivity index (χ0) is 14.0. The standard InChI is InChI=1S/C10H6F3N3O3/c11-10(12,13)5-2-1-3-6(4-5)14-8(17)7-9(18)16-19-15-7/h1-4H,(H,14,17)(H,16,18). The van der Waals surface area contributed by atoms with Crippen molar-refractivity contribution in [2.75, 3.05) is 5.32 Å². The Morgan fingerprint density at radius 2 is 2.11 bits per heavy atom. The molecule has 1 heterocycles. The number of benzene rings is 1. The molecule has 0 saturated carbocycles. The van der Waals surface area contributed by atoms with Crippen LogP contribution in [-0.2, 0) is 6.18 Å². The van der Waals surface area contributed by atoms with Crippen LogP contribution in [0.3, 0.4) is 0 Å². The number of nitrogens with zero attached hydrogens (tertiary/aromatic N) is 1. The predicted octanol–water partition coefficient (Wildman–Crippen LogP) is 1.63. The van der Waals surface area contributed by atoms with Crippen LogP contribution in [0.15, 0.2) is 33.7 Å². The topological polar surface area (TPSA) is 88.0 Å². The minimum atomic E-state index is -4.52. The first-order valence-electron chi connectivity index (χ1n) is 4.91. The van der Waals surface area contributed by atoms with Crippen LogP contribution in [0.4, 0.5) is 18.9 Å². The number of carbonyl (C=O) groups is 1. The molecule has 2 rings (SSSR count). The lowest BCUT2D eigenvalue weighted by Crippen LogP contribution is -2.20. The number of amides is 1. The van der Waals surface area contributed by atoms with E-state index in [4.69, 9.17) is 0 Å². The summed E-state index contributed by atoms with van der Waals surface area (Å²) < 4.78 is 41.5. The number of alkyl halides is 3. The van der Waals surface area contributed by atoms with Gasteiger partial charge in [0.25, 0.3) is 5.91 Å². The van der Waals surface area contributed by atoms with E-state index in [-0.39, 0.29) is 5.69 Å². The molecule has 0 aliphatic carbocycles. The zero-order valence-electron chi connectivity index (χ0n) is 9.12. The van der Waals surface area contributed by atoms with Gasteiger partial charge in [-0.25, -0.2) is 0 Å². The normalized spacial score (nSPS) is 11.3. The molecule has 0 atom stereocenters. The number of anilines is 1. The van der Waals surface area contributed by atoms with Crippen LogP contribution in [0.25, 0.3) is 0 Å². The van der Waals surface area contributed by atoms with E-state index in [9.17, 15) is 22.8 Å². The maximum Gasteiger partial charge on any atom is 0.416 e. The van der Waals surface area contributed by atoms with E-state index in [1.807, 2.05) is 0 Å². The first kappa shape index (κ1) is 12.9. The van der Waals surface area contributed by atoms with E-state index in [2.05, 4.69) is 15.1 Å². The monoisotopic (exact) mass is 273 g/mol. The molecule has 100 valence electrons. The molecule has 0 radical (unpaired) electrons. The highest BCUT2D eigenvalue weighted by Gasteiger charge is 2.30. The highest BCUT2D eigenvalue weighted by atomic mass is 19.4. The summed E-state index contributed by atoms with van der Waals surface area (Å²) in [5.41, 5.74) is -2.47. The number of hydrogen-bond acceptors (Lipinski definition) is 4. The molecule has 0 bridgehead atoms. The smallest absolute Gasteiger partial charge is 0.320 e. The fraction of sp³-hybridized carbons (Fsp3) is 0.100. The molecule has 19 heavy (non-hydrogen) atoms. The average Bonchev–Trinajstić information content (AvgIpc) is 2.75. The van der Waals surface area contributed by atoms with Gasteiger partial charge in [-0.15, -0.1) is 0 Å². The van der Waals surface area contributed by atoms with Crippen molar-refractivity contribution in [2.45, 2.75) is 6.18 Å². The Kier molecular flexibility index (Phi) is 3.11. The fourth-order valence-corrected chi connectivity index (χ4v) is 1.31. The van der Waals surface area contributed by atoms with Gasteiger partial charge in [-0.3, -0.25) is 14.2 Å². The van der Waals surface area contributed by atoms with Crippen LogP contribution in [0.1, 0.15) is 16.1 Å². The maximum atomic E-state index is 12.4. The fourth-order valence-electron chi connectivity index (χ4n) is 1.31. The molecule has 6 nitrogen and oxygen atoms in total. The van der Waals surface area contributed by atoms with Gasteiger partial charge in [-0.2, -0.15) is 18.3 Å². The van der Waals surface area contributed by atoms with Gasteiger partial charge in [-0.05, 0) is 23.4 Å². The first-order chi connectivity index (χ1) is 8.88. The number of aromatic nitrogens is 2. The van der Waals surface area contributed by atoms with Crippen LogP contribution >= 0.6 is 0 Å². The van der Waals surface area contributed by atoms with Gasteiger partial charge in [0.15, 0.2) is 0 Å². The second-order valence-electron chi connectivity index (χ2n) is 3.50. The number of hydrogen-bond donors (Lipinski definition) is 2. The van der Waals surface area contributed by atoms with Crippen molar-refractivity contribution < 1.29 is 22.6 Å². The summed E-state index contributed by atoms with van der Waals surface area (Å²) in [4.78, 5) is 22.5. The molecule has 0 saturated heterocycles. The Labute approximate surface area is 103 Å². The zero-order valence-corrected chi connectivity index (χ0v) is 9.12. The number of aromatic amines is 1. The minimum Gasteiger partial charge on any atom is -0.320 e. The van der Waals surface area contributed by atoms with Crippen molar-refractivity contribution >= 4 is 11.6 Å². The van der Waals surface area contributed by atoms with Gasteiger partial charge in [0, 0.05) is 5.69 Å². The summed E-state index contributed by atoms with van der Waals surface area (Å²) in [6.45, 7) is 0. The lowest BCUT2D eigenvalue weighted by atomic mass is 10.2. The molecule has 0 aliphatic rings. The number of halogens is 3. The van der Waals surface area contributed by atoms with E-state index < -0.39 is 28.9 Å². The van der Waals surface area contributed by atoms with E-state index in [1.54, 1.807) is 5.16 Å². The second-order valence-corrected chi connectivity index (χ2v) is 3.50. The third-order valence-electron chi connectivity index (χ3n) is 2.15. The molecule has 9 heteroatoms. The van der Waals surface area contributed by atoms with Gasteiger partial charge in [-0.1, -0.05) is 6.07 Å². The van der Waals surface area contributed by atoms with Crippen molar-refractivity contribution in [3.63, 3.8) is 0 Å². The quantitative estimate of drug-likeness (QED) is 0.870. The van der Waals surface area contributed by atoms with Crippen LogP contribution in [0.5, 0.6) is 0 Å². The van der Waals surface area contributed by atoms with E-state index >= 15 is 0 Å². The van der Waals surface area contributed by atoms with E-state index in [0.717, 1.165) is 18.2 Å². The maximum absolute atomic E-state index is 12.4. The van der Waals surface area contributed by atoms with Crippen LogP contribution < -0.4 is 10.9 Å². The molecule has 0 aliphatic heterocycles. The van der Waals surface area contributed by atoms with Crippen LogP contribution in [0.2, 0.25) is 0 Å². The molecule has 2 N–H and O–H groups in total. The van der Waals surface area contributed by atoms with Crippen molar-refractivity contribution in [3.05, 3.63) is 45.9 Å². The molecule has 1 amide bonds. The molecule has 2 aromatic rings. The van der Waals surface area contributed by atoms with Crippen molar-refractivity contribution in [3.8, 4) is 0 Å². The average molecular weight is 273 g/mol. The lowest BCUT2D eigenvalue weighted by molar-refractivity contribution is -0.137. The van der Waals surface area contributed by atoms with E-state index in [0.29, 0.717) is 0 Å². The van der Waals surface area contributed by atoms with Gasteiger partial charge < -0.3 is 5.32 Å². The van der Waals surface area contributed by atoms with E-state index in [1.165, 1.54) is 6.07 Å². The Morgan fingerprint density at radius 3 is 2.68 bits per heavy atom. The highest BCUT2D eigenvalue weighted by molar-refractivity contribution is 6.02. The van der Waals surface area contributed by atoms with Crippen molar-refractivity contribution in [1.82, 2.24) is 10.3 Å². The van der Waals surface area contributed by atoms with Gasteiger partial charge in [0.1, 0.15) is 0 Å². The summed E-state index contributed by atoms with van der Waals surface area (Å²) in [6, 6.07) is 3.98. The largest absolute Gasteiger partial charge is 0.416 e. The van der Waals surface area contributed by atoms with Gasteiger partial charge in [0.05, 0.1) is 5.56 Å². The first-order valence-corrected chi connectivity index (χ1v) is 4.91. The summed E-state index contributed by atoms with van der Waals surface area (Å²) in [7, 11) is 0. The lowest BCUT2D eigenvalue weighted by Gasteiger charge is -2.08. The molecule has 0 unspecified atom stereocenters. The number of nitrogens with one attached hydrogen (secondary N) is 2. The SMILES string of the molecule is O=C(Nc1cccc(C(F)(F)F)c1)c1no[nH]c1=O. The highest BCUT2D eigenvalue weighted by Crippen LogP contribution is 2.30. The predicted molar refractivity (Wildman–Crippen MR) is 56.5 cm³/mol. The van der Waals surface area contributed by atoms with Crippen molar-refractivity contribution in [1.29, 1.82) is 0 Å². The molecular weight excluding hydrogens is 267 g/mol. The Balaban J connectivity index is 2.23. The molecular formula is C10H6F3N3O3. The van der Waals surface area contributed by atoms with Crippen LogP contribution in [-0.4, -0.2) is 16.2 Å². The summed E-state index contributed by atoms with van der Waals surface area (Å²) >= 11 is 0. The second kappa shape index (κ2) is 4.59. The number of rotatable bonds is 2. The number of H-pyrrole nitrogens is 1. The van der Waals surface area contributed by atoms with Crippen molar-refractivity contribution in [2.24, 2.45) is 0 Å². The Bertz CT molecular complexity index is 660. The minimum absolute atomic E-state index is 0.109. The molecule has 0 spiro atoms. The molecule has 1 aromatic heterocycles. The van der Waals surface area contributed by atoms with Gasteiger partial charge >= 0.3 is 11.7 Å². The Morgan fingerprint density at radius 1 is 1.37 bits per heavy atom. The molecule has 0 fully saturated rings. The summed E-state index contributed by atoms with van der Waals surface area (Å²) in [5, 5.41) is 7.01. The van der Waals surface area contributed by atoms with Gasteiger partial charge in [0.2, 0.25) is 5.69 Å². The summed E-state index contributed by atoms with van der Waals surface area (Å²) in [5.74, 6) is -0.964. The third kappa shape index (κ3) is 2.81. The molecule has 1 aromatic carbocycles. The number of carbonyl (C=O) groups excluding carboxylic acids is 1. The van der Waals surface area contributed by atoms with Crippen LogP contribution in [0, 0.1) is 0 Å².